The van der Waals surface area contributed by atoms with Crippen LogP contribution in [0.1, 0.15) is 151 Å². The lowest BCUT2D eigenvalue weighted by atomic mass is 9.78. The van der Waals surface area contributed by atoms with Crippen LogP contribution in [0.4, 0.5) is 0 Å². The van der Waals surface area contributed by atoms with Crippen LogP contribution in [0.25, 0.3) is 0 Å². The molecule has 0 fully saturated rings. The van der Waals surface area contributed by atoms with E-state index >= 15 is 0 Å². The van der Waals surface area contributed by atoms with E-state index in [9.17, 15) is 0 Å². The van der Waals surface area contributed by atoms with Crippen molar-refractivity contribution in [1.29, 1.82) is 0 Å². The summed E-state index contributed by atoms with van der Waals surface area (Å²) in [5.41, 5.74) is 13.8. The Hall–Kier alpha value is -3.90. The highest BCUT2D eigenvalue weighted by Gasteiger charge is 2.24. The zero-order chi connectivity index (χ0) is 35.1. The van der Waals surface area contributed by atoms with Crippen LogP contribution in [0.2, 0.25) is 0 Å². The van der Waals surface area contributed by atoms with Gasteiger partial charge in [-0.3, -0.25) is 0 Å². The van der Waals surface area contributed by atoms with Crippen molar-refractivity contribution in [3.8, 4) is 0 Å². The highest BCUT2D eigenvalue weighted by molar-refractivity contribution is 5.51. The molecule has 0 aliphatic rings. The van der Waals surface area contributed by atoms with Crippen molar-refractivity contribution in [3.05, 3.63) is 177 Å². The third kappa shape index (κ3) is 8.03. The van der Waals surface area contributed by atoms with Crippen LogP contribution in [0, 0.1) is 0 Å². The van der Waals surface area contributed by atoms with Gasteiger partial charge >= 0.3 is 0 Å². The van der Waals surface area contributed by atoms with Crippen molar-refractivity contribution in [2.45, 2.75) is 117 Å². The number of benzene rings is 5. The van der Waals surface area contributed by atoms with Gasteiger partial charge in [-0.1, -0.05) is 204 Å². The molecule has 0 spiro atoms. The van der Waals surface area contributed by atoms with Gasteiger partial charge in [-0.05, 0) is 77.3 Å². The minimum atomic E-state index is 0.112. The van der Waals surface area contributed by atoms with E-state index < -0.39 is 0 Å². The zero-order valence-electron chi connectivity index (χ0n) is 31.7. The molecule has 0 nitrogen and oxygen atoms in total. The third-order valence-electron chi connectivity index (χ3n) is 10.0. The van der Waals surface area contributed by atoms with Gasteiger partial charge in [0.1, 0.15) is 0 Å². The Morgan fingerprint density at radius 2 is 0.479 bits per heavy atom. The average molecular weight is 635 g/mol. The Morgan fingerprint density at radius 3 is 0.667 bits per heavy atom. The lowest BCUT2D eigenvalue weighted by molar-refractivity contribution is 0.589. The van der Waals surface area contributed by atoms with E-state index in [1.165, 1.54) is 55.6 Å². The molecule has 250 valence electrons. The van der Waals surface area contributed by atoms with Gasteiger partial charge in [0.05, 0.1) is 0 Å². The standard InChI is InChI=1S/C48H58/c1-45(2,3)39-24-16-33(17-25-39)43(34-18-26-40(27-19-34)46(4,5)6)37-14-13-15-38(32-37)44(35-20-28-41(29-21-35)47(7,8)9)36-22-30-42(31-23-36)48(10,11)12/h13-32,43-44H,1-12H3. The predicted molar refractivity (Wildman–Crippen MR) is 209 cm³/mol. The molecule has 0 aliphatic carbocycles. The predicted octanol–water partition coefficient (Wildman–Crippen LogP) is 13.2. The van der Waals surface area contributed by atoms with E-state index in [-0.39, 0.29) is 33.5 Å². The van der Waals surface area contributed by atoms with Gasteiger partial charge < -0.3 is 0 Å². The fraction of sp³-hybridized carbons (Fsp3) is 0.375. The molecule has 0 heterocycles. The first-order chi connectivity index (χ1) is 22.3. The van der Waals surface area contributed by atoms with Gasteiger partial charge in [-0.15, -0.1) is 0 Å². The minimum Gasteiger partial charge on any atom is -0.0617 e. The van der Waals surface area contributed by atoms with Crippen molar-refractivity contribution in [3.63, 3.8) is 0 Å². The molecule has 0 atom stereocenters. The van der Waals surface area contributed by atoms with Gasteiger partial charge in [-0.25, -0.2) is 0 Å². The van der Waals surface area contributed by atoms with Gasteiger partial charge in [0.25, 0.3) is 0 Å². The normalized spacial score (nSPS) is 13.0. The Labute approximate surface area is 292 Å². The highest BCUT2D eigenvalue weighted by atomic mass is 14.3. The summed E-state index contributed by atoms with van der Waals surface area (Å²) in [7, 11) is 0. The Morgan fingerprint density at radius 1 is 0.271 bits per heavy atom. The van der Waals surface area contributed by atoms with Gasteiger partial charge in [0.15, 0.2) is 0 Å². The first-order valence-corrected chi connectivity index (χ1v) is 17.8. The molecule has 0 amide bonds. The second-order valence-corrected chi connectivity index (χ2v) is 18.0. The summed E-state index contributed by atoms with van der Waals surface area (Å²) < 4.78 is 0. The van der Waals surface area contributed by atoms with E-state index in [4.69, 9.17) is 0 Å². The molecular formula is C48H58. The molecule has 5 aromatic carbocycles. The van der Waals surface area contributed by atoms with E-state index in [1.807, 2.05) is 0 Å². The molecule has 5 aromatic rings. The van der Waals surface area contributed by atoms with Crippen LogP contribution in [0.3, 0.4) is 0 Å². The number of rotatable bonds is 6. The quantitative estimate of drug-likeness (QED) is 0.163. The molecule has 0 bridgehead atoms. The maximum absolute atomic E-state index is 2.47. The average Bonchev–Trinajstić information content (AvgIpc) is 3.01. The maximum atomic E-state index is 2.47. The fourth-order valence-electron chi connectivity index (χ4n) is 6.78. The Bertz CT molecular complexity index is 1540. The third-order valence-corrected chi connectivity index (χ3v) is 10.0. The largest absolute Gasteiger partial charge is 0.0617 e. The van der Waals surface area contributed by atoms with E-state index in [0.29, 0.717) is 0 Å². The summed E-state index contributed by atoms with van der Waals surface area (Å²) in [5.74, 6) is 0.250. The molecule has 0 aromatic heterocycles. The van der Waals surface area contributed by atoms with E-state index in [2.05, 4.69) is 204 Å². The summed E-state index contributed by atoms with van der Waals surface area (Å²) in [5, 5.41) is 0. The van der Waals surface area contributed by atoms with Crippen LogP contribution in [0.15, 0.2) is 121 Å². The van der Waals surface area contributed by atoms with Crippen molar-refractivity contribution in [2.75, 3.05) is 0 Å². The first-order valence-electron chi connectivity index (χ1n) is 17.8. The molecule has 0 saturated carbocycles. The lowest BCUT2D eigenvalue weighted by Gasteiger charge is -2.26. The Kier molecular flexibility index (Phi) is 9.73. The lowest BCUT2D eigenvalue weighted by Crippen LogP contribution is -2.13. The second-order valence-electron chi connectivity index (χ2n) is 18.0. The van der Waals surface area contributed by atoms with Crippen LogP contribution >= 0.6 is 0 Å². The molecular weight excluding hydrogens is 577 g/mol. The van der Waals surface area contributed by atoms with E-state index in [1.54, 1.807) is 0 Å². The van der Waals surface area contributed by atoms with Crippen molar-refractivity contribution in [1.82, 2.24) is 0 Å². The van der Waals surface area contributed by atoms with Gasteiger partial charge in [0.2, 0.25) is 0 Å². The molecule has 0 aliphatic heterocycles. The van der Waals surface area contributed by atoms with Gasteiger partial charge in [0, 0.05) is 11.8 Å². The molecule has 0 saturated heterocycles. The number of hydrogen-bond donors (Lipinski definition) is 0. The maximum Gasteiger partial charge on any atom is 0.0340 e. The monoisotopic (exact) mass is 634 g/mol. The highest BCUT2D eigenvalue weighted by Crippen LogP contribution is 2.39. The summed E-state index contributed by atoms with van der Waals surface area (Å²) in [4.78, 5) is 0. The van der Waals surface area contributed by atoms with Gasteiger partial charge in [-0.2, -0.15) is 0 Å². The van der Waals surface area contributed by atoms with Crippen molar-refractivity contribution >= 4 is 0 Å². The second kappa shape index (κ2) is 13.2. The minimum absolute atomic E-state index is 0.112. The zero-order valence-corrected chi connectivity index (χ0v) is 31.7. The van der Waals surface area contributed by atoms with Crippen LogP contribution in [0.5, 0.6) is 0 Å². The molecule has 0 radical (unpaired) electrons. The first kappa shape index (κ1) is 35.4. The molecule has 5 rings (SSSR count). The number of hydrogen-bond acceptors (Lipinski definition) is 0. The summed E-state index contributed by atoms with van der Waals surface area (Å²) in [6, 6.07) is 46.8. The summed E-state index contributed by atoms with van der Waals surface area (Å²) >= 11 is 0. The molecule has 0 N–H and O–H groups in total. The smallest absolute Gasteiger partial charge is 0.0340 e. The topological polar surface area (TPSA) is 0 Å². The molecule has 0 heteroatoms. The van der Waals surface area contributed by atoms with Crippen LogP contribution in [-0.2, 0) is 21.7 Å². The van der Waals surface area contributed by atoms with E-state index in [0.717, 1.165) is 0 Å². The molecule has 0 unspecified atom stereocenters. The molecule has 48 heavy (non-hydrogen) atoms. The van der Waals surface area contributed by atoms with Crippen LogP contribution < -0.4 is 0 Å². The van der Waals surface area contributed by atoms with Crippen molar-refractivity contribution < 1.29 is 0 Å². The van der Waals surface area contributed by atoms with Crippen LogP contribution in [-0.4, -0.2) is 0 Å². The Balaban J connectivity index is 1.66. The summed E-state index contributed by atoms with van der Waals surface area (Å²) in [6.45, 7) is 27.5. The SMILES string of the molecule is CC(C)(C)c1ccc(C(c2ccc(C(C)(C)C)cc2)c2cccc(C(c3ccc(C(C)(C)C)cc3)c3ccc(C(C)(C)C)cc3)c2)cc1. The summed E-state index contributed by atoms with van der Waals surface area (Å²) in [6.07, 6.45) is 0. The fourth-order valence-corrected chi connectivity index (χ4v) is 6.78. The van der Waals surface area contributed by atoms with Crippen molar-refractivity contribution in [2.24, 2.45) is 0 Å².